The van der Waals surface area contributed by atoms with Gasteiger partial charge in [-0.3, -0.25) is 4.79 Å². The van der Waals surface area contributed by atoms with Crippen LogP contribution in [0.2, 0.25) is 0 Å². The number of hydrogen-bond donors (Lipinski definition) is 0. The number of carbonyl (C=O) groups is 1. The highest BCUT2D eigenvalue weighted by Gasteiger charge is 2.28. The Bertz CT molecular complexity index is 1170. The van der Waals surface area contributed by atoms with Gasteiger partial charge in [-0.15, -0.1) is 0 Å². The highest BCUT2D eigenvalue weighted by Crippen LogP contribution is 2.36. The van der Waals surface area contributed by atoms with Crippen LogP contribution in [0.15, 0.2) is 77.6 Å². The summed E-state index contributed by atoms with van der Waals surface area (Å²) in [7, 11) is 2.09. The number of nitrogens with zero attached hydrogens (tertiary/aromatic N) is 2. The first-order valence-electron chi connectivity index (χ1n) is 11.6. The largest absolute Gasteiger partial charge is 0.350 e. The van der Waals surface area contributed by atoms with Crippen molar-refractivity contribution >= 4 is 28.1 Å². The molecule has 1 aliphatic heterocycles. The summed E-state index contributed by atoms with van der Waals surface area (Å²) >= 11 is 1.71. The van der Waals surface area contributed by atoms with E-state index >= 15 is 0 Å². The Labute approximate surface area is 194 Å². The van der Waals surface area contributed by atoms with Gasteiger partial charge in [0, 0.05) is 49.6 Å². The van der Waals surface area contributed by atoms with Crippen molar-refractivity contribution in [1.82, 2.24) is 9.47 Å². The van der Waals surface area contributed by atoms with Crippen molar-refractivity contribution in [3.05, 3.63) is 94.3 Å². The van der Waals surface area contributed by atoms with Gasteiger partial charge in [0.15, 0.2) is 0 Å². The van der Waals surface area contributed by atoms with E-state index in [1.54, 1.807) is 11.3 Å². The molecule has 4 aromatic rings. The maximum Gasteiger partial charge on any atom is 0.223 e. The third kappa shape index (κ3) is 4.37. The van der Waals surface area contributed by atoms with Crippen molar-refractivity contribution in [3.8, 4) is 0 Å². The average Bonchev–Trinajstić information content (AvgIpc) is 3.47. The van der Waals surface area contributed by atoms with E-state index in [9.17, 15) is 4.79 Å². The molecule has 164 valence electrons. The van der Waals surface area contributed by atoms with Crippen molar-refractivity contribution in [2.45, 2.75) is 31.6 Å². The molecule has 1 saturated heterocycles. The minimum atomic E-state index is 0.0990. The van der Waals surface area contributed by atoms with E-state index < -0.39 is 0 Å². The summed E-state index contributed by atoms with van der Waals surface area (Å²) in [6.07, 6.45) is 6.06. The van der Waals surface area contributed by atoms with Crippen molar-refractivity contribution in [3.63, 3.8) is 0 Å². The number of carbonyl (C=O) groups excluding carboxylic acids is 1. The Kier molecular flexibility index (Phi) is 6.13. The Balaban J connectivity index is 1.30. The molecule has 1 amide bonds. The van der Waals surface area contributed by atoms with E-state index in [0.717, 1.165) is 32.4 Å². The van der Waals surface area contributed by atoms with Crippen molar-refractivity contribution in [1.29, 1.82) is 0 Å². The summed E-state index contributed by atoms with van der Waals surface area (Å²) in [6, 6.07) is 21.4. The second-order valence-electron chi connectivity index (χ2n) is 9.04. The summed E-state index contributed by atoms with van der Waals surface area (Å²) in [5.41, 5.74) is 5.13. The zero-order valence-corrected chi connectivity index (χ0v) is 19.4. The SMILES string of the molecule is Cn1cc(C(CC(=O)N2CCC(Cc3ccccc3)CC2)c2ccsc2)c2ccccc21. The van der Waals surface area contributed by atoms with Crippen molar-refractivity contribution in [2.75, 3.05) is 13.1 Å². The molecule has 2 aromatic carbocycles. The number of rotatable bonds is 6. The van der Waals surface area contributed by atoms with Gasteiger partial charge in [0.1, 0.15) is 0 Å². The van der Waals surface area contributed by atoms with Gasteiger partial charge < -0.3 is 9.47 Å². The fourth-order valence-corrected chi connectivity index (χ4v) is 5.88. The van der Waals surface area contributed by atoms with E-state index in [0.29, 0.717) is 12.3 Å². The Morgan fingerprint density at radius 2 is 1.78 bits per heavy atom. The molecular weight excluding hydrogens is 412 g/mol. The number of para-hydroxylation sites is 1. The standard InChI is InChI=1S/C28H30N2OS/c1-29-19-26(24-9-5-6-10-27(24)29)25(23-13-16-32-20-23)18-28(31)30-14-11-22(12-15-30)17-21-7-3-2-4-8-21/h2-10,13,16,19-20,22,25H,11-12,14-15,17-18H2,1H3. The summed E-state index contributed by atoms with van der Waals surface area (Å²) in [6.45, 7) is 1.75. The predicted molar refractivity (Wildman–Crippen MR) is 133 cm³/mol. The summed E-state index contributed by atoms with van der Waals surface area (Å²) in [5, 5.41) is 5.57. The molecule has 2 aromatic heterocycles. The maximum absolute atomic E-state index is 13.4. The third-order valence-electron chi connectivity index (χ3n) is 6.96. The minimum Gasteiger partial charge on any atom is -0.350 e. The van der Waals surface area contributed by atoms with Crippen LogP contribution in [0.5, 0.6) is 0 Å². The third-order valence-corrected chi connectivity index (χ3v) is 7.66. The van der Waals surface area contributed by atoms with E-state index in [4.69, 9.17) is 0 Å². The van der Waals surface area contributed by atoms with Gasteiger partial charge in [0.05, 0.1) is 0 Å². The van der Waals surface area contributed by atoms with Gasteiger partial charge in [-0.1, -0.05) is 48.5 Å². The molecule has 0 N–H and O–H groups in total. The van der Waals surface area contributed by atoms with Crippen molar-refractivity contribution < 1.29 is 4.79 Å². The fraction of sp³-hybridized carbons (Fsp3) is 0.321. The number of fused-ring (bicyclic) bond motifs is 1. The van der Waals surface area contributed by atoms with Crippen LogP contribution in [0, 0.1) is 5.92 Å². The van der Waals surface area contributed by atoms with E-state index in [1.807, 2.05) is 0 Å². The Hall–Kier alpha value is -2.85. The van der Waals surface area contributed by atoms with E-state index in [2.05, 4.69) is 94.1 Å². The minimum absolute atomic E-state index is 0.0990. The molecular formula is C28H30N2OS. The van der Waals surface area contributed by atoms with E-state index in [1.165, 1.54) is 27.6 Å². The normalized spacial score (nSPS) is 15.8. The zero-order valence-electron chi connectivity index (χ0n) is 18.6. The van der Waals surface area contributed by atoms with Gasteiger partial charge in [-0.25, -0.2) is 0 Å². The average molecular weight is 443 g/mol. The molecule has 0 saturated carbocycles. The number of aromatic nitrogens is 1. The molecule has 1 aliphatic rings. The molecule has 3 nitrogen and oxygen atoms in total. The smallest absolute Gasteiger partial charge is 0.223 e. The van der Waals surface area contributed by atoms with Crippen LogP contribution in [0.4, 0.5) is 0 Å². The zero-order chi connectivity index (χ0) is 21.9. The molecule has 1 unspecified atom stereocenters. The molecule has 0 bridgehead atoms. The highest BCUT2D eigenvalue weighted by molar-refractivity contribution is 7.08. The number of benzene rings is 2. The highest BCUT2D eigenvalue weighted by atomic mass is 32.1. The first-order chi connectivity index (χ1) is 15.7. The first-order valence-corrected chi connectivity index (χ1v) is 12.5. The molecule has 0 aliphatic carbocycles. The van der Waals surface area contributed by atoms with Crippen LogP contribution in [0.25, 0.3) is 10.9 Å². The lowest BCUT2D eigenvalue weighted by Gasteiger charge is -2.33. The second kappa shape index (κ2) is 9.33. The van der Waals surface area contributed by atoms with Gasteiger partial charge >= 0.3 is 0 Å². The molecule has 32 heavy (non-hydrogen) atoms. The van der Waals surface area contributed by atoms with Crippen LogP contribution < -0.4 is 0 Å². The number of aryl methyl sites for hydroxylation is 1. The molecule has 5 rings (SSSR count). The summed E-state index contributed by atoms with van der Waals surface area (Å²) < 4.78 is 2.18. The van der Waals surface area contributed by atoms with Crippen molar-refractivity contribution in [2.24, 2.45) is 13.0 Å². The predicted octanol–water partition coefficient (Wildman–Crippen LogP) is 6.24. The van der Waals surface area contributed by atoms with Gasteiger partial charge in [-0.05, 0) is 64.8 Å². The monoisotopic (exact) mass is 442 g/mol. The molecule has 0 radical (unpaired) electrons. The van der Waals surface area contributed by atoms with Gasteiger partial charge in [0.2, 0.25) is 5.91 Å². The van der Waals surface area contributed by atoms with Gasteiger partial charge in [-0.2, -0.15) is 11.3 Å². The molecule has 3 heterocycles. The van der Waals surface area contributed by atoms with Crippen LogP contribution >= 0.6 is 11.3 Å². The molecule has 0 spiro atoms. The Morgan fingerprint density at radius 3 is 2.53 bits per heavy atom. The lowest BCUT2D eigenvalue weighted by atomic mass is 9.87. The lowest BCUT2D eigenvalue weighted by Crippen LogP contribution is -2.39. The maximum atomic E-state index is 13.4. The molecule has 1 atom stereocenters. The lowest BCUT2D eigenvalue weighted by molar-refractivity contribution is -0.132. The van der Waals surface area contributed by atoms with Crippen LogP contribution in [0.3, 0.4) is 0 Å². The number of likely N-dealkylation sites (tertiary alicyclic amines) is 1. The van der Waals surface area contributed by atoms with Crippen LogP contribution in [-0.2, 0) is 18.3 Å². The number of thiophene rings is 1. The summed E-state index contributed by atoms with van der Waals surface area (Å²) in [4.78, 5) is 15.5. The van der Waals surface area contributed by atoms with E-state index in [-0.39, 0.29) is 11.8 Å². The number of amides is 1. The molecule has 4 heteroatoms. The second-order valence-corrected chi connectivity index (χ2v) is 9.82. The van der Waals surface area contributed by atoms with Crippen LogP contribution in [-0.4, -0.2) is 28.5 Å². The first kappa shape index (κ1) is 21.0. The quantitative estimate of drug-likeness (QED) is 0.347. The summed E-state index contributed by atoms with van der Waals surface area (Å²) in [5.74, 6) is 1.06. The fourth-order valence-electron chi connectivity index (χ4n) is 5.17. The Morgan fingerprint density at radius 1 is 1.03 bits per heavy atom. The number of hydrogen-bond acceptors (Lipinski definition) is 2. The van der Waals surface area contributed by atoms with Gasteiger partial charge in [0.25, 0.3) is 0 Å². The molecule has 1 fully saturated rings. The number of piperidine rings is 1. The van der Waals surface area contributed by atoms with Crippen LogP contribution in [0.1, 0.15) is 41.9 Å². The topological polar surface area (TPSA) is 25.2 Å².